The van der Waals surface area contributed by atoms with E-state index in [1.165, 1.54) is 6.07 Å². The van der Waals surface area contributed by atoms with Crippen LogP contribution in [0.3, 0.4) is 0 Å². The second-order valence-corrected chi connectivity index (χ2v) is 4.57. The molecule has 18 heavy (non-hydrogen) atoms. The molecule has 0 heterocycles. The molecule has 0 aliphatic heterocycles. The molecule has 1 nitrogen and oxygen atoms in total. The molecule has 2 aromatic carbocycles. The van der Waals surface area contributed by atoms with Crippen molar-refractivity contribution >= 4 is 0 Å². The van der Waals surface area contributed by atoms with Crippen molar-refractivity contribution < 1.29 is 13.9 Å². The van der Waals surface area contributed by atoms with Gasteiger partial charge >= 0.3 is 0 Å². The summed E-state index contributed by atoms with van der Waals surface area (Å²) in [6, 6.07) is 12.9. The average Bonchev–Trinajstić information content (AvgIpc) is 2.33. The van der Waals surface area contributed by atoms with Crippen LogP contribution >= 0.6 is 0 Å². The Hall–Kier alpha value is -1.74. The van der Waals surface area contributed by atoms with E-state index in [0.717, 1.165) is 17.7 Å². The SMILES string of the molecule is CC(O)(Cc1ccccc1)c1ccc(F)c(F)c1. The molecule has 0 aliphatic rings. The molecule has 2 rings (SSSR count). The summed E-state index contributed by atoms with van der Waals surface area (Å²) in [4.78, 5) is 0. The number of hydrogen-bond donors (Lipinski definition) is 1. The van der Waals surface area contributed by atoms with Crippen molar-refractivity contribution in [2.24, 2.45) is 0 Å². The maximum Gasteiger partial charge on any atom is 0.159 e. The van der Waals surface area contributed by atoms with E-state index in [9.17, 15) is 13.9 Å². The van der Waals surface area contributed by atoms with E-state index in [1.807, 2.05) is 30.3 Å². The first kappa shape index (κ1) is 12.7. The van der Waals surface area contributed by atoms with Crippen LogP contribution in [-0.4, -0.2) is 5.11 Å². The zero-order valence-corrected chi connectivity index (χ0v) is 10.0. The maximum atomic E-state index is 13.2. The molecular formula is C15H14F2O. The zero-order valence-electron chi connectivity index (χ0n) is 10.0. The number of halogens is 2. The zero-order chi connectivity index (χ0) is 13.2. The van der Waals surface area contributed by atoms with E-state index >= 15 is 0 Å². The van der Waals surface area contributed by atoms with Crippen LogP contribution in [0.25, 0.3) is 0 Å². The lowest BCUT2D eigenvalue weighted by atomic mass is 9.89. The van der Waals surface area contributed by atoms with Gasteiger partial charge in [-0.05, 0) is 30.2 Å². The third-order valence-electron chi connectivity index (χ3n) is 2.93. The van der Waals surface area contributed by atoms with Gasteiger partial charge < -0.3 is 5.11 Å². The molecule has 0 aromatic heterocycles. The summed E-state index contributed by atoms with van der Waals surface area (Å²) in [5, 5.41) is 10.4. The molecule has 0 bridgehead atoms. The highest BCUT2D eigenvalue weighted by Crippen LogP contribution is 2.26. The van der Waals surface area contributed by atoms with Crippen LogP contribution in [-0.2, 0) is 12.0 Å². The molecule has 1 N–H and O–H groups in total. The Morgan fingerprint density at radius 2 is 1.67 bits per heavy atom. The van der Waals surface area contributed by atoms with Crippen LogP contribution in [0, 0.1) is 11.6 Å². The van der Waals surface area contributed by atoms with Crippen molar-refractivity contribution in [3.8, 4) is 0 Å². The largest absolute Gasteiger partial charge is 0.385 e. The number of aliphatic hydroxyl groups is 1. The molecule has 0 saturated heterocycles. The van der Waals surface area contributed by atoms with Crippen molar-refractivity contribution in [1.82, 2.24) is 0 Å². The third-order valence-corrected chi connectivity index (χ3v) is 2.93. The van der Waals surface area contributed by atoms with Gasteiger partial charge in [-0.25, -0.2) is 8.78 Å². The van der Waals surface area contributed by atoms with Gasteiger partial charge in [-0.3, -0.25) is 0 Å². The molecular weight excluding hydrogens is 234 g/mol. The minimum atomic E-state index is -1.23. The smallest absolute Gasteiger partial charge is 0.159 e. The first-order valence-corrected chi connectivity index (χ1v) is 5.71. The molecule has 1 atom stereocenters. The Balaban J connectivity index is 2.27. The van der Waals surface area contributed by atoms with E-state index in [4.69, 9.17) is 0 Å². The Kier molecular flexibility index (Phi) is 3.43. The lowest BCUT2D eigenvalue weighted by molar-refractivity contribution is 0.0572. The van der Waals surface area contributed by atoms with Crippen LogP contribution in [0.1, 0.15) is 18.1 Å². The van der Waals surface area contributed by atoms with E-state index < -0.39 is 17.2 Å². The summed E-state index contributed by atoms with van der Waals surface area (Å²) >= 11 is 0. The van der Waals surface area contributed by atoms with Gasteiger partial charge in [-0.1, -0.05) is 36.4 Å². The molecule has 0 radical (unpaired) electrons. The Morgan fingerprint density at radius 1 is 1.00 bits per heavy atom. The van der Waals surface area contributed by atoms with E-state index in [1.54, 1.807) is 6.92 Å². The fraction of sp³-hybridized carbons (Fsp3) is 0.200. The highest BCUT2D eigenvalue weighted by Gasteiger charge is 2.24. The van der Waals surface area contributed by atoms with Crippen molar-refractivity contribution in [2.75, 3.05) is 0 Å². The topological polar surface area (TPSA) is 20.2 Å². The van der Waals surface area contributed by atoms with Crippen LogP contribution in [0.5, 0.6) is 0 Å². The summed E-state index contributed by atoms with van der Waals surface area (Å²) in [7, 11) is 0. The predicted molar refractivity (Wildman–Crippen MR) is 66.1 cm³/mol. The monoisotopic (exact) mass is 248 g/mol. The number of hydrogen-bond acceptors (Lipinski definition) is 1. The van der Waals surface area contributed by atoms with Crippen molar-refractivity contribution in [3.63, 3.8) is 0 Å². The van der Waals surface area contributed by atoms with Crippen molar-refractivity contribution in [2.45, 2.75) is 18.9 Å². The van der Waals surface area contributed by atoms with Gasteiger partial charge in [-0.15, -0.1) is 0 Å². The van der Waals surface area contributed by atoms with Gasteiger partial charge in [0.1, 0.15) is 0 Å². The van der Waals surface area contributed by atoms with Crippen molar-refractivity contribution in [1.29, 1.82) is 0 Å². The summed E-state index contributed by atoms with van der Waals surface area (Å²) in [5.41, 5.74) is 0.0769. The van der Waals surface area contributed by atoms with Crippen molar-refractivity contribution in [3.05, 3.63) is 71.3 Å². The standard InChI is InChI=1S/C15H14F2O/c1-15(18,10-11-5-3-2-4-6-11)12-7-8-13(16)14(17)9-12/h2-9,18H,10H2,1H3. The van der Waals surface area contributed by atoms with Gasteiger partial charge in [0.2, 0.25) is 0 Å². The molecule has 0 saturated carbocycles. The van der Waals surface area contributed by atoms with E-state index in [0.29, 0.717) is 12.0 Å². The molecule has 0 spiro atoms. The lowest BCUT2D eigenvalue weighted by Crippen LogP contribution is -2.24. The molecule has 94 valence electrons. The number of rotatable bonds is 3. The van der Waals surface area contributed by atoms with Crippen LogP contribution in [0.15, 0.2) is 48.5 Å². The second-order valence-electron chi connectivity index (χ2n) is 4.57. The molecule has 3 heteroatoms. The first-order valence-electron chi connectivity index (χ1n) is 5.71. The average molecular weight is 248 g/mol. The summed E-state index contributed by atoms with van der Waals surface area (Å²) < 4.78 is 26.0. The molecule has 0 fully saturated rings. The quantitative estimate of drug-likeness (QED) is 0.882. The highest BCUT2D eigenvalue weighted by molar-refractivity contribution is 5.27. The normalized spacial score (nSPS) is 14.2. The van der Waals surface area contributed by atoms with Gasteiger partial charge in [0, 0.05) is 6.42 Å². The predicted octanol–water partition coefficient (Wildman–Crippen LogP) is 3.42. The van der Waals surface area contributed by atoms with Crippen LogP contribution < -0.4 is 0 Å². The minimum absolute atomic E-state index is 0.346. The highest BCUT2D eigenvalue weighted by atomic mass is 19.2. The van der Waals surface area contributed by atoms with E-state index in [2.05, 4.69) is 0 Å². The van der Waals surface area contributed by atoms with Gasteiger partial charge in [0.25, 0.3) is 0 Å². The lowest BCUT2D eigenvalue weighted by Gasteiger charge is -2.24. The van der Waals surface area contributed by atoms with Gasteiger partial charge in [0.05, 0.1) is 5.60 Å². The Bertz CT molecular complexity index is 535. The Labute approximate surface area is 105 Å². The Morgan fingerprint density at radius 3 is 2.28 bits per heavy atom. The summed E-state index contributed by atoms with van der Waals surface area (Å²) in [6.07, 6.45) is 0.346. The van der Waals surface area contributed by atoms with Gasteiger partial charge in [-0.2, -0.15) is 0 Å². The fourth-order valence-electron chi connectivity index (χ4n) is 1.93. The molecule has 2 aromatic rings. The van der Waals surface area contributed by atoms with E-state index in [-0.39, 0.29) is 0 Å². The third kappa shape index (κ3) is 2.74. The first-order chi connectivity index (χ1) is 8.49. The van der Waals surface area contributed by atoms with Crippen LogP contribution in [0.4, 0.5) is 8.78 Å². The van der Waals surface area contributed by atoms with Crippen LogP contribution in [0.2, 0.25) is 0 Å². The van der Waals surface area contributed by atoms with Gasteiger partial charge in [0.15, 0.2) is 11.6 Å². The fourth-order valence-corrected chi connectivity index (χ4v) is 1.93. The maximum absolute atomic E-state index is 13.2. The molecule has 0 aliphatic carbocycles. The molecule has 0 amide bonds. The molecule has 1 unspecified atom stereocenters. The number of benzene rings is 2. The minimum Gasteiger partial charge on any atom is -0.385 e. The second kappa shape index (κ2) is 4.86. The summed E-state index contributed by atoms with van der Waals surface area (Å²) in [6.45, 7) is 1.59. The summed E-state index contributed by atoms with van der Waals surface area (Å²) in [5.74, 6) is -1.85.